The Hall–Kier alpha value is -2.56. The van der Waals surface area contributed by atoms with Gasteiger partial charge in [0.2, 0.25) is 5.91 Å². The molecule has 0 aromatic heterocycles. The number of allylic oxidation sites excluding steroid dienone is 3. The third-order valence-electron chi connectivity index (χ3n) is 4.74. The average Bonchev–Trinajstić information content (AvgIpc) is 2.70. The van der Waals surface area contributed by atoms with Crippen LogP contribution in [0.25, 0.3) is 0 Å². The highest BCUT2D eigenvalue weighted by Crippen LogP contribution is 2.14. The van der Waals surface area contributed by atoms with Crippen LogP contribution in [0.2, 0.25) is 0 Å². The highest BCUT2D eigenvalue weighted by Gasteiger charge is 2.21. The largest absolute Gasteiger partial charge is 0.508 e. The minimum absolute atomic E-state index is 0.150. The average molecular weight is 402 g/mol. The van der Waals surface area contributed by atoms with Crippen LogP contribution in [0.5, 0.6) is 5.75 Å². The normalized spacial score (nSPS) is 13.9. The number of carbonyl (C=O) groups excluding carboxylic acids is 2. The summed E-state index contributed by atoms with van der Waals surface area (Å²) in [6, 6.07) is 5.72. The molecule has 0 aliphatic carbocycles. The summed E-state index contributed by atoms with van der Waals surface area (Å²) >= 11 is 0. The maximum Gasteiger partial charge on any atom is 0.328 e. The van der Waals surface area contributed by atoms with Gasteiger partial charge in [0.05, 0.1) is 7.11 Å². The Morgan fingerprint density at radius 1 is 1.14 bits per heavy atom. The number of phenolic OH excluding ortho intramolecular Hbond substituents is 1. The molecule has 1 aromatic carbocycles. The molecule has 0 radical (unpaired) electrons. The summed E-state index contributed by atoms with van der Waals surface area (Å²) < 4.78 is 4.80. The van der Waals surface area contributed by atoms with Gasteiger partial charge < -0.3 is 15.2 Å². The van der Waals surface area contributed by atoms with Crippen LogP contribution in [0.4, 0.5) is 0 Å². The number of aromatic hydroxyl groups is 1. The first kappa shape index (κ1) is 24.5. The van der Waals surface area contributed by atoms with Crippen LogP contribution < -0.4 is 5.32 Å². The van der Waals surface area contributed by atoms with E-state index >= 15 is 0 Å². The molecule has 0 saturated heterocycles. The van der Waals surface area contributed by atoms with Gasteiger partial charge in [-0.3, -0.25) is 4.79 Å². The van der Waals surface area contributed by atoms with E-state index in [1.807, 2.05) is 6.92 Å². The first-order chi connectivity index (χ1) is 13.8. The van der Waals surface area contributed by atoms with E-state index in [0.29, 0.717) is 5.92 Å². The summed E-state index contributed by atoms with van der Waals surface area (Å²) in [6.45, 7) is 6.37. The number of esters is 1. The molecular formula is C24H35NO4. The van der Waals surface area contributed by atoms with E-state index in [4.69, 9.17) is 4.74 Å². The number of carbonyl (C=O) groups is 2. The van der Waals surface area contributed by atoms with E-state index in [-0.39, 0.29) is 18.1 Å². The summed E-state index contributed by atoms with van der Waals surface area (Å²) in [6.07, 6.45) is 11.8. The molecule has 5 nitrogen and oxygen atoms in total. The van der Waals surface area contributed by atoms with Crippen LogP contribution in [0.3, 0.4) is 0 Å². The Morgan fingerprint density at radius 3 is 2.45 bits per heavy atom. The van der Waals surface area contributed by atoms with E-state index in [1.165, 1.54) is 38.9 Å². The van der Waals surface area contributed by atoms with E-state index in [1.54, 1.807) is 30.3 Å². The van der Waals surface area contributed by atoms with Gasteiger partial charge in [-0.1, -0.05) is 69.4 Å². The van der Waals surface area contributed by atoms with Gasteiger partial charge in [0, 0.05) is 12.5 Å². The van der Waals surface area contributed by atoms with Crippen molar-refractivity contribution in [2.45, 2.75) is 65.3 Å². The van der Waals surface area contributed by atoms with Gasteiger partial charge in [0.1, 0.15) is 11.8 Å². The Morgan fingerprint density at radius 2 is 1.83 bits per heavy atom. The lowest BCUT2D eigenvalue weighted by atomic mass is 10.00. The molecule has 5 heteroatoms. The number of amides is 1. The number of nitrogens with one attached hydrogen (secondary N) is 1. The van der Waals surface area contributed by atoms with Crippen molar-refractivity contribution in [2.24, 2.45) is 5.92 Å². The minimum Gasteiger partial charge on any atom is -0.508 e. The smallest absolute Gasteiger partial charge is 0.328 e. The number of benzene rings is 1. The molecule has 160 valence electrons. The van der Waals surface area contributed by atoms with E-state index < -0.39 is 12.0 Å². The van der Waals surface area contributed by atoms with Crippen molar-refractivity contribution < 1.29 is 19.4 Å². The molecule has 2 N–H and O–H groups in total. The quantitative estimate of drug-likeness (QED) is 0.230. The van der Waals surface area contributed by atoms with Gasteiger partial charge in [0.25, 0.3) is 0 Å². The van der Waals surface area contributed by atoms with Crippen molar-refractivity contribution in [3.05, 3.63) is 53.6 Å². The molecule has 0 unspecified atom stereocenters. The Labute approximate surface area is 174 Å². The molecule has 0 aliphatic heterocycles. The van der Waals surface area contributed by atoms with Crippen molar-refractivity contribution >= 4 is 11.9 Å². The van der Waals surface area contributed by atoms with Crippen LogP contribution in [0, 0.1) is 5.92 Å². The zero-order chi connectivity index (χ0) is 21.6. The molecule has 2 atom stereocenters. The lowest BCUT2D eigenvalue weighted by Gasteiger charge is -2.15. The fourth-order valence-electron chi connectivity index (χ4n) is 3.11. The van der Waals surface area contributed by atoms with Crippen LogP contribution >= 0.6 is 0 Å². The van der Waals surface area contributed by atoms with Crippen molar-refractivity contribution in [2.75, 3.05) is 7.11 Å². The van der Waals surface area contributed by atoms with E-state index in [2.05, 4.69) is 25.2 Å². The monoisotopic (exact) mass is 401 g/mol. The van der Waals surface area contributed by atoms with Crippen LogP contribution in [-0.4, -0.2) is 30.1 Å². The maximum absolute atomic E-state index is 12.3. The van der Waals surface area contributed by atoms with Gasteiger partial charge in [0.15, 0.2) is 0 Å². The van der Waals surface area contributed by atoms with Gasteiger partial charge >= 0.3 is 5.97 Å². The second-order valence-electron chi connectivity index (χ2n) is 7.53. The van der Waals surface area contributed by atoms with Crippen LogP contribution in [-0.2, 0) is 20.7 Å². The summed E-state index contributed by atoms with van der Waals surface area (Å²) in [4.78, 5) is 24.3. The summed E-state index contributed by atoms with van der Waals surface area (Å²) in [5.41, 5.74) is 1.84. The van der Waals surface area contributed by atoms with Crippen LogP contribution in [0.1, 0.15) is 58.4 Å². The zero-order valence-corrected chi connectivity index (χ0v) is 18.1. The number of phenols is 1. The van der Waals surface area contributed by atoms with Crippen molar-refractivity contribution in [1.82, 2.24) is 5.32 Å². The number of methoxy groups -OCH3 is 1. The lowest BCUT2D eigenvalue weighted by molar-refractivity contribution is -0.144. The lowest BCUT2D eigenvalue weighted by Crippen LogP contribution is -2.42. The Kier molecular flexibility index (Phi) is 11.5. The Balaban J connectivity index is 2.61. The molecule has 1 rings (SSSR count). The molecular weight excluding hydrogens is 366 g/mol. The van der Waals surface area contributed by atoms with Gasteiger partial charge in [-0.2, -0.15) is 0 Å². The highest BCUT2D eigenvalue weighted by molar-refractivity contribution is 5.91. The van der Waals surface area contributed by atoms with Crippen molar-refractivity contribution in [3.8, 4) is 5.75 Å². The minimum atomic E-state index is -0.788. The maximum atomic E-state index is 12.3. The molecule has 0 saturated carbocycles. The van der Waals surface area contributed by atoms with Gasteiger partial charge in [-0.25, -0.2) is 4.79 Å². The SMILES string of the molecule is CCCCCC[C@@H](C)C=C(C)C=CC(=O)N[C@@H](Cc1ccc(O)cc1)C(=O)OC. The third-order valence-corrected chi connectivity index (χ3v) is 4.74. The first-order valence-corrected chi connectivity index (χ1v) is 10.4. The Bertz CT molecular complexity index is 691. The van der Waals surface area contributed by atoms with Gasteiger partial charge in [-0.05, 0) is 37.0 Å². The molecule has 1 aromatic rings. The number of rotatable bonds is 12. The third kappa shape index (κ3) is 10.5. The van der Waals surface area contributed by atoms with E-state index in [9.17, 15) is 14.7 Å². The van der Waals surface area contributed by atoms with E-state index in [0.717, 1.165) is 17.6 Å². The number of unbranched alkanes of at least 4 members (excludes halogenated alkanes) is 3. The molecule has 1 amide bonds. The predicted octanol–water partition coefficient (Wildman–Crippen LogP) is 4.70. The second-order valence-corrected chi connectivity index (χ2v) is 7.53. The highest BCUT2D eigenvalue weighted by atomic mass is 16.5. The fraction of sp³-hybridized carbons (Fsp3) is 0.500. The summed E-state index contributed by atoms with van der Waals surface area (Å²) in [7, 11) is 1.29. The predicted molar refractivity (Wildman–Crippen MR) is 117 cm³/mol. The molecule has 0 heterocycles. The molecule has 0 bridgehead atoms. The summed E-state index contributed by atoms with van der Waals surface area (Å²) in [5, 5.41) is 12.1. The fourth-order valence-corrected chi connectivity index (χ4v) is 3.11. The molecule has 0 aliphatic rings. The van der Waals surface area contributed by atoms with Crippen LogP contribution in [0.15, 0.2) is 48.1 Å². The zero-order valence-electron chi connectivity index (χ0n) is 18.1. The second kappa shape index (κ2) is 13.6. The number of ether oxygens (including phenoxy) is 1. The first-order valence-electron chi connectivity index (χ1n) is 10.4. The summed E-state index contributed by atoms with van der Waals surface area (Å²) in [5.74, 6) is -0.232. The van der Waals surface area contributed by atoms with Crippen molar-refractivity contribution in [1.29, 1.82) is 0 Å². The molecule has 0 fully saturated rings. The van der Waals surface area contributed by atoms with Crippen molar-refractivity contribution in [3.63, 3.8) is 0 Å². The number of hydrogen-bond donors (Lipinski definition) is 2. The standard InChI is InChI=1S/C24H35NO4/c1-5-6-7-8-9-18(2)16-19(3)10-15-23(27)25-22(24(28)29-4)17-20-11-13-21(26)14-12-20/h10-16,18,22,26H,5-9,17H2,1-4H3,(H,25,27)/t18-,22+/m1/s1. The van der Waals surface area contributed by atoms with Gasteiger partial charge in [-0.15, -0.1) is 0 Å². The molecule has 29 heavy (non-hydrogen) atoms. The number of hydrogen-bond acceptors (Lipinski definition) is 4. The molecule has 0 spiro atoms. The topological polar surface area (TPSA) is 75.6 Å².